The molecule has 0 spiro atoms. The third-order valence-corrected chi connectivity index (χ3v) is 5.38. The third-order valence-electron chi connectivity index (χ3n) is 3.86. The van der Waals surface area contributed by atoms with Gasteiger partial charge in [-0.05, 0) is 12.1 Å². The van der Waals surface area contributed by atoms with E-state index in [-0.39, 0.29) is 24.8 Å². The third kappa shape index (κ3) is 5.02. The fourth-order valence-electron chi connectivity index (χ4n) is 2.68. The largest absolute Gasteiger partial charge is 0.314 e. The molecule has 3 rings (SSSR count). The van der Waals surface area contributed by atoms with E-state index in [1.165, 1.54) is 0 Å². The zero-order chi connectivity index (χ0) is 15.4. The highest BCUT2D eigenvalue weighted by molar-refractivity contribution is 7.89. The van der Waals surface area contributed by atoms with Crippen molar-refractivity contribution in [3.8, 4) is 0 Å². The Balaban J connectivity index is 0.00000144. The number of sulfonamides is 1. The van der Waals surface area contributed by atoms with Crippen LogP contribution in [0.5, 0.6) is 0 Å². The van der Waals surface area contributed by atoms with Crippen molar-refractivity contribution < 1.29 is 8.42 Å². The Bertz CT molecular complexity index is 747. The van der Waals surface area contributed by atoms with Crippen LogP contribution >= 0.6 is 24.8 Å². The van der Waals surface area contributed by atoms with Crippen LogP contribution < -0.4 is 10.0 Å². The van der Waals surface area contributed by atoms with E-state index in [0.29, 0.717) is 16.8 Å². The lowest BCUT2D eigenvalue weighted by atomic mass is 10.2. The van der Waals surface area contributed by atoms with Gasteiger partial charge in [0.15, 0.2) is 0 Å². The average Bonchev–Trinajstić information content (AvgIpc) is 2.55. The molecule has 0 saturated carbocycles. The Kier molecular flexibility index (Phi) is 8.35. The predicted octanol–water partition coefficient (Wildman–Crippen LogP) is 1.26. The molecule has 0 atom stereocenters. The van der Waals surface area contributed by atoms with Crippen LogP contribution in [0.15, 0.2) is 41.6 Å². The number of rotatable bonds is 5. The van der Waals surface area contributed by atoms with Gasteiger partial charge in [0.25, 0.3) is 0 Å². The summed E-state index contributed by atoms with van der Waals surface area (Å²) < 4.78 is 27.8. The van der Waals surface area contributed by atoms with Crippen LogP contribution in [0.25, 0.3) is 10.8 Å². The summed E-state index contributed by atoms with van der Waals surface area (Å²) >= 11 is 0. The summed E-state index contributed by atoms with van der Waals surface area (Å²) in [6.45, 7) is 4.99. The minimum Gasteiger partial charge on any atom is -0.314 e. The maximum atomic E-state index is 12.5. The van der Waals surface area contributed by atoms with Gasteiger partial charge >= 0.3 is 0 Å². The second-order valence-corrected chi connectivity index (χ2v) is 7.08. The van der Waals surface area contributed by atoms with E-state index < -0.39 is 10.0 Å². The summed E-state index contributed by atoms with van der Waals surface area (Å²) in [6, 6.07) is 6.98. The first-order chi connectivity index (χ1) is 10.7. The number of piperazine rings is 1. The summed E-state index contributed by atoms with van der Waals surface area (Å²) in [4.78, 5) is 6.60. The van der Waals surface area contributed by atoms with Crippen LogP contribution in [0.3, 0.4) is 0 Å². The van der Waals surface area contributed by atoms with Crippen molar-refractivity contribution in [3.63, 3.8) is 0 Å². The maximum absolute atomic E-state index is 12.5. The van der Waals surface area contributed by atoms with E-state index in [0.717, 1.165) is 38.1 Å². The van der Waals surface area contributed by atoms with Crippen LogP contribution in [0.2, 0.25) is 0 Å². The molecule has 1 aromatic carbocycles. The molecule has 9 heteroatoms. The van der Waals surface area contributed by atoms with Gasteiger partial charge in [0.1, 0.15) is 0 Å². The summed E-state index contributed by atoms with van der Waals surface area (Å²) in [5.74, 6) is 0. The summed E-state index contributed by atoms with van der Waals surface area (Å²) in [5, 5.41) is 4.81. The molecule has 0 amide bonds. The molecular formula is C15H22Cl2N4O2S. The van der Waals surface area contributed by atoms with E-state index in [9.17, 15) is 8.42 Å². The molecule has 2 N–H and O–H groups in total. The number of aromatic nitrogens is 1. The van der Waals surface area contributed by atoms with E-state index >= 15 is 0 Å². The number of pyridine rings is 1. The van der Waals surface area contributed by atoms with Gasteiger partial charge < -0.3 is 5.32 Å². The van der Waals surface area contributed by atoms with Crippen molar-refractivity contribution >= 4 is 45.6 Å². The summed E-state index contributed by atoms with van der Waals surface area (Å²) in [7, 11) is -3.51. The number of hydrogen-bond donors (Lipinski definition) is 2. The van der Waals surface area contributed by atoms with Crippen LogP contribution in [0, 0.1) is 0 Å². The van der Waals surface area contributed by atoms with E-state index in [1.807, 2.05) is 6.07 Å². The lowest BCUT2D eigenvalue weighted by Crippen LogP contribution is -2.46. The molecule has 1 saturated heterocycles. The topological polar surface area (TPSA) is 74.3 Å². The van der Waals surface area contributed by atoms with Crippen molar-refractivity contribution in [1.82, 2.24) is 19.9 Å². The molecule has 0 radical (unpaired) electrons. The van der Waals surface area contributed by atoms with Crippen molar-refractivity contribution in [1.29, 1.82) is 0 Å². The Morgan fingerprint density at radius 2 is 1.92 bits per heavy atom. The van der Waals surface area contributed by atoms with Crippen LogP contribution in [-0.4, -0.2) is 57.6 Å². The van der Waals surface area contributed by atoms with Gasteiger partial charge in [0.2, 0.25) is 10.0 Å². The van der Waals surface area contributed by atoms with Crippen molar-refractivity contribution in [2.45, 2.75) is 4.90 Å². The van der Waals surface area contributed by atoms with Gasteiger partial charge in [0.05, 0.1) is 4.90 Å². The monoisotopic (exact) mass is 392 g/mol. The first kappa shape index (κ1) is 21.1. The van der Waals surface area contributed by atoms with Gasteiger partial charge in [0, 0.05) is 62.4 Å². The first-order valence-corrected chi connectivity index (χ1v) is 8.91. The molecule has 2 aromatic rings. The molecule has 0 bridgehead atoms. The van der Waals surface area contributed by atoms with Gasteiger partial charge in [-0.3, -0.25) is 9.88 Å². The van der Waals surface area contributed by atoms with Gasteiger partial charge in [-0.25, -0.2) is 13.1 Å². The first-order valence-electron chi connectivity index (χ1n) is 7.42. The molecule has 134 valence electrons. The van der Waals surface area contributed by atoms with Crippen molar-refractivity contribution in [3.05, 3.63) is 36.7 Å². The predicted molar refractivity (Wildman–Crippen MR) is 101 cm³/mol. The van der Waals surface area contributed by atoms with Crippen LogP contribution in [-0.2, 0) is 10.0 Å². The van der Waals surface area contributed by atoms with Crippen molar-refractivity contribution in [2.75, 3.05) is 39.3 Å². The minimum atomic E-state index is -3.51. The van der Waals surface area contributed by atoms with Crippen LogP contribution in [0.4, 0.5) is 0 Å². The number of nitrogens with one attached hydrogen (secondary N) is 2. The number of fused-ring (bicyclic) bond motifs is 1. The van der Waals surface area contributed by atoms with E-state index in [2.05, 4.69) is 19.9 Å². The minimum absolute atomic E-state index is 0. The normalized spacial score (nSPS) is 15.5. The highest BCUT2D eigenvalue weighted by Crippen LogP contribution is 2.21. The Morgan fingerprint density at radius 3 is 2.67 bits per heavy atom. The molecule has 6 nitrogen and oxygen atoms in total. The average molecular weight is 393 g/mol. The number of hydrogen-bond acceptors (Lipinski definition) is 5. The van der Waals surface area contributed by atoms with Gasteiger partial charge in [-0.15, -0.1) is 24.8 Å². The molecule has 0 unspecified atom stereocenters. The number of nitrogens with zero attached hydrogens (tertiary/aromatic N) is 2. The standard InChI is InChI=1S/C15H20N4O2S.2ClH/c20-22(21,18-8-11-19-9-6-16-7-10-19)15-3-1-2-13-12-17-5-4-14(13)15;;/h1-5,12,16,18H,6-11H2;2*1H. The van der Waals surface area contributed by atoms with Gasteiger partial charge in [-0.2, -0.15) is 0 Å². The summed E-state index contributed by atoms with van der Waals surface area (Å²) in [6.07, 6.45) is 3.29. The molecule has 24 heavy (non-hydrogen) atoms. The second kappa shape index (κ2) is 9.50. The number of benzene rings is 1. The zero-order valence-corrected chi connectivity index (χ0v) is 15.6. The molecule has 0 aliphatic carbocycles. The van der Waals surface area contributed by atoms with E-state index in [1.54, 1.807) is 30.6 Å². The molecule has 1 aromatic heterocycles. The number of halogens is 2. The van der Waals surface area contributed by atoms with E-state index in [4.69, 9.17) is 0 Å². The Hall–Kier alpha value is -0.960. The highest BCUT2D eigenvalue weighted by atomic mass is 35.5. The van der Waals surface area contributed by atoms with Gasteiger partial charge in [-0.1, -0.05) is 12.1 Å². The Labute approximate surface area is 154 Å². The lowest BCUT2D eigenvalue weighted by molar-refractivity contribution is 0.245. The molecule has 2 heterocycles. The Morgan fingerprint density at radius 1 is 1.17 bits per heavy atom. The molecule has 1 fully saturated rings. The van der Waals surface area contributed by atoms with Crippen molar-refractivity contribution in [2.24, 2.45) is 0 Å². The SMILES string of the molecule is Cl.Cl.O=S(=O)(NCCN1CCNCC1)c1cccc2cnccc12. The fraction of sp³-hybridized carbons (Fsp3) is 0.400. The summed E-state index contributed by atoms with van der Waals surface area (Å²) in [5.41, 5.74) is 0. The highest BCUT2D eigenvalue weighted by Gasteiger charge is 2.17. The zero-order valence-electron chi connectivity index (χ0n) is 13.1. The second-order valence-electron chi connectivity index (χ2n) is 5.34. The molecule has 1 aliphatic rings. The fourth-order valence-corrected chi connectivity index (χ4v) is 3.93. The molecule has 1 aliphatic heterocycles. The van der Waals surface area contributed by atoms with Crippen LogP contribution in [0.1, 0.15) is 0 Å². The maximum Gasteiger partial charge on any atom is 0.241 e. The molecular weight excluding hydrogens is 371 g/mol. The smallest absolute Gasteiger partial charge is 0.241 e. The lowest BCUT2D eigenvalue weighted by Gasteiger charge is -2.27. The quantitative estimate of drug-likeness (QED) is 0.800.